The van der Waals surface area contributed by atoms with E-state index in [1.807, 2.05) is 0 Å². The first kappa shape index (κ1) is 15.3. The van der Waals surface area contributed by atoms with Crippen molar-refractivity contribution in [1.82, 2.24) is 5.32 Å². The molecule has 0 radical (unpaired) electrons. The summed E-state index contributed by atoms with van der Waals surface area (Å²) >= 11 is 0. The smallest absolute Gasteiger partial charge is 0.242 e. The number of hydrogen-bond donors (Lipinski definition) is 2. The third-order valence-electron chi connectivity index (χ3n) is 5.38. The highest BCUT2D eigenvalue weighted by atomic mass is 79.9. The van der Waals surface area contributed by atoms with Gasteiger partial charge in [0.1, 0.15) is 0 Å². The summed E-state index contributed by atoms with van der Waals surface area (Å²) in [5, 5.41) is 3.89. The van der Waals surface area contributed by atoms with Crippen LogP contribution in [0.4, 0.5) is 0 Å². The molecule has 0 aromatic carbocycles. The minimum Gasteiger partial charge on any atom is -1.00 e. The molecule has 1 aliphatic heterocycles. The van der Waals surface area contributed by atoms with E-state index in [-0.39, 0.29) is 17.0 Å². The predicted octanol–water partition coefficient (Wildman–Crippen LogP) is -1.01. The molecular weight excluding hydrogens is 300 g/mol. The van der Waals surface area contributed by atoms with E-state index in [1.165, 1.54) is 83.0 Å². The van der Waals surface area contributed by atoms with Crippen molar-refractivity contribution in [3.8, 4) is 0 Å². The average Bonchev–Trinajstić information content (AvgIpc) is 2.97. The fourth-order valence-electron chi connectivity index (χ4n) is 4.40. The van der Waals surface area contributed by atoms with Crippen LogP contribution in [0.5, 0.6) is 0 Å². The van der Waals surface area contributed by atoms with Gasteiger partial charge in [-0.15, -0.1) is 0 Å². The van der Waals surface area contributed by atoms with E-state index in [9.17, 15) is 0 Å². The van der Waals surface area contributed by atoms with Gasteiger partial charge in [-0.1, -0.05) is 25.7 Å². The molecule has 0 bridgehead atoms. The lowest BCUT2D eigenvalue weighted by Crippen LogP contribution is -3.00. The third-order valence-corrected chi connectivity index (χ3v) is 5.38. The predicted molar refractivity (Wildman–Crippen MR) is 75.5 cm³/mol. The highest BCUT2D eigenvalue weighted by molar-refractivity contribution is 5.76. The molecule has 0 saturated heterocycles. The second-order valence-corrected chi connectivity index (χ2v) is 6.61. The van der Waals surface area contributed by atoms with E-state index < -0.39 is 0 Å². The minimum absolute atomic E-state index is 0. The van der Waals surface area contributed by atoms with Crippen molar-refractivity contribution >= 4 is 5.84 Å². The zero-order chi connectivity index (χ0) is 12.2. The van der Waals surface area contributed by atoms with Gasteiger partial charge in [0.2, 0.25) is 5.84 Å². The molecule has 110 valence electrons. The van der Waals surface area contributed by atoms with E-state index in [2.05, 4.69) is 10.3 Å². The monoisotopic (exact) mass is 328 g/mol. The van der Waals surface area contributed by atoms with Gasteiger partial charge in [0.05, 0.1) is 12.6 Å². The SMILES string of the molecule is C1CC[NH+]=C(N[C@H]2CCC[C@H]2C2CCCC2)CC1.[Br-]. The molecule has 2 aliphatic carbocycles. The third kappa shape index (κ3) is 3.96. The van der Waals surface area contributed by atoms with Crippen LogP contribution in [0.1, 0.15) is 70.6 Å². The molecule has 0 unspecified atom stereocenters. The van der Waals surface area contributed by atoms with Gasteiger partial charge in [-0.05, 0) is 44.4 Å². The summed E-state index contributed by atoms with van der Waals surface area (Å²) in [6.07, 6.45) is 15.7. The van der Waals surface area contributed by atoms with Crippen LogP contribution in [-0.2, 0) is 0 Å². The van der Waals surface area contributed by atoms with E-state index in [0.29, 0.717) is 0 Å². The van der Waals surface area contributed by atoms with Gasteiger partial charge in [-0.2, -0.15) is 0 Å². The molecule has 2 atom stereocenters. The summed E-state index contributed by atoms with van der Waals surface area (Å²) in [6.45, 7) is 1.18. The lowest BCUT2D eigenvalue weighted by atomic mass is 9.86. The Balaban J connectivity index is 0.00000133. The zero-order valence-corrected chi connectivity index (χ0v) is 13.7. The van der Waals surface area contributed by atoms with Gasteiger partial charge < -0.3 is 17.0 Å². The molecule has 1 heterocycles. The number of halogens is 1. The van der Waals surface area contributed by atoms with Crippen molar-refractivity contribution in [2.24, 2.45) is 11.8 Å². The van der Waals surface area contributed by atoms with Gasteiger partial charge in [0, 0.05) is 12.3 Å². The van der Waals surface area contributed by atoms with Crippen molar-refractivity contribution in [2.75, 3.05) is 6.54 Å². The van der Waals surface area contributed by atoms with E-state index >= 15 is 0 Å². The van der Waals surface area contributed by atoms with Crippen LogP contribution in [0.2, 0.25) is 0 Å². The first-order valence-electron chi connectivity index (χ1n) is 8.30. The van der Waals surface area contributed by atoms with Crippen LogP contribution >= 0.6 is 0 Å². The second-order valence-electron chi connectivity index (χ2n) is 6.61. The summed E-state index contributed by atoms with van der Waals surface area (Å²) in [4.78, 5) is 3.63. The van der Waals surface area contributed by atoms with Crippen LogP contribution in [0.25, 0.3) is 0 Å². The molecule has 3 aliphatic rings. The van der Waals surface area contributed by atoms with Gasteiger partial charge in [0.15, 0.2) is 0 Å². The number of amidine groups is 1. The Morgan fingerprint density at radius 3 is 2.53 bits per heavy atom. The Hall–Kier alpha value is -0.0500. The van der Waals surface area contributed by atoms with Gasteiger partial charge in [-0.25, -0.2) is 0 Å². The Labute approximate surface area is 128 Å². The van der Waals surface area contributed by atoms with Crippen molar-refractivity contribution in [3.05, 3.63) is 0 Å². The van der Waals surface area contributed by atoms with Gasteiger partial charge in [-0.3, -0.25) is 10.3 Å². The molecule has 0 spiro atoms. The maximum atomic E-state index is 3.89. The van der Waals surface area contributed by atoms with E-state index in [1.54, 1.807) is 0 Å². The number of hydrogen-bond acceptors (Lipinski definition) is 1. The normalized spacial score (nSPS) is 32.5. The summed E-state index contributed by atoms with van der Waals surface area (Å²) in [5.41, 5.74) is 0. The topological polar surface area (TPSA) is 26.0 Å². The molecular formula is C16H29BrN2. The van der Waals surface area contributed by atoms with Crippen molar-refractivity contribution in [1.29, 1.82) is 0 Å². The Morgan fingerprint density at radius 1 is 0.842 bits per heavy atom. The molecule has 0 amide bonds. The van der Waals surface area contributed by atoms with Crippen LogP contribution in [0.3, 0.4) is 0 Å². The molecule has 2 N–H and O–H groups in total. The lowest BCUT2D eigenvalue weighted by molar-refractivity contribution is -0.460. The van der Waals surface area contributed by atoms with Crippen molar-refractivity contribution in [2.45, 2.75) is 76.7 Å². The van der Waals surface area contributed by atoms with Crippen LogP contribution in [0.15, 0.2) is 0 Å². The average molecular weight is 329 g/mol. The van der Waals surface area contributed by atoms with E-state index in [4.69, 9.17) is 0 Å². The summed E-state index contributed by atoms with van der Waals surface area (Å²) in [6, 6.07) is 0.786. The molecule has 0 aromatic heterocycles. The Bertz CT molecular complexity index is 297. The summed E-state index contributed by atoms with van der Waals surface area (Å²) < 4.78 is 0. The quantitative estimate of drug-likeness (QED) is 0.667. The number of nitrogens with one attached hydrogen (secondary N) is 2. The Morgan fingerprint density at radius 2 is 1.68 bits per heavy atom. The minimum atomic E-state index is 0. The van der Waals surface area contributed by atoms with Gasteiger partial charge >= 0.3 is 0 Å². The van der Waals surface area contributed by atoms with E-state index in [0.717, 1.165) is 17.9 Å². The molecule has 19 heavy (non-hydrogen) atoms. The van der Waals surface area contributed by atoms with Crippen LogP contribution in [0, 0.1) is 11.8 Å². The molecule has 2 saturated carbocycles. The second kappa shape index (κ2) is 7.66. The molecule has 2 fully saturated rings. The standard InChI is InChI=1S/C16H28N2.BrH/c1-2-11-16(17-12-5-1)18-15-10-6-9-14(15)13-7-3-4-8-13;/h13-15H,1-12H2,(H,17,18);1H/t14-,15-;/m0./s1. The first-order valence-corrected chi connectivity index (χ1v) is 8.30. The molecule has 2 nitrogen and oxygen atoms in total. The maximum Gasteiger partial charge on any atom is 0.242 e. The molecule has 0 aromatic rings. The van der Waals surface area contributed by atoms with Crippen LogP contribution < -0.4 is 27.3 Å². The maximum absolute atomic E-state index is 3.89. The first-order chi connectivity index (χ1) is 8.93. The van der Waals surface area contributed by atoms with Crippen molar-refractivity contribution in [3.63, 3.8) is 0 Å². The fourth-order valence-corrected chi connectivity index (χ4v) is 4.40. The molecule has 3 heteroatoms. The molecule has 3 rings (SSSR count). The zero-order valence-electron chi connectivity index (χ0n) is 12.1. The number of rotatable bonds is 2. The lowest BCUT2D eigenvalue weighted by Gasteiger charge is -2.23. The highest BCUT2D eigenvalue weighted by Gasteiger charge is 2.37. The fraction of sp³-hybridized carbons (Fsp3) is 0.938. The highest BCUT2D eigenvalue weighted by Crippen LogP contribution is 2.40. The van der Waals surface area contributed by atoms with Crippen molar-refractivity contribution < 1.29 is 22.0 Å². The van der Waals surface area contributed by atoms with Crippen LogP contribution in [-0.4, -0.2) is 18.4 Å². The largest absolute Gasteiger partial charge is 1.00 e. The summed E-state index contributed by atoms with van der Waals surface area (Å²) in [7, 11) is 0. The Kier molecular flexibility index (Phi) is 6.18. The summed E-state index contributed by atoms with van der Waals surface area (Å²) in [5.74, 6) is 3.48. The van der Waals surface area contributed by atoms with Gasteiger partial charge in [0.25, 0.3) is 0 Å².